The zero-order valence-electron chi connectivity index (χ0n) is 8.10. The van der Waals surface area contributed by atoms with Crippen molar-refractivity contribution in [2.75, 3.05) is 19.8 Å². The molecular weight excluding hydrogens is 180 g/mol. The van der Waals surface area contributed by atoms with Crippen molar-refractivity contribution in [3.8, 4) is 12.3 Å². The van der Waals surface area contributed by atoms with Gasteiger partial charge in [0.2, 0.25) is 6.19 Å². The number of morpholine rings is 1. The maximum atomic E-state index is 8.58. The summed E-state index contributed by atoms with van der Waals surface area (Å²) in [5.74, 6) is 0.547. The van der Waals surface area contributed by atoms with Gasteiger partial charge >= 0.3 is 0 Å². The Morgan fingerprint density at radius 2 is 2.43 bits per heavy atom. The molecule has 0 aromatic heterocycles. The Hall–Kier alpha value is -1.59. The van der Waals surface area contributed by atoms with Crippen LogP contribution in [0.1, 0.15) is 13.3 Å². The minimum Gasteiger partial charge on any atom is -0.377 e. The molecule has 0 N–H and O–H groups in total. The second kappa shape index (κ2) is 5.21. The fourth-order valence-electron chi connectivity index (χ4n) is 1.44. The Morgan fingerprint density at radius 1 is 1.64 bits per heavy atom. The zero-order valence-corrected chi connectivity index (χ0v) is 8.10. The summed E-state index contributed by atoms with van der Waals surface area (Å²) in [5.41, 5.74) is 0. The maximum absolute atomic E-state index is 8.58. The normalized spacial score (nSPS) is 22.6. The minimum atomic E-state index is 0.178. The average Bonchev–Trinajstić information content (AvgIpc) is 2.18. The van der Waals surface area contributed by atoms with Crippen LogP contribution in [-0.2, 0) is 4.74 Å². The van der Waals surface area contributed by atoms with E-state index >= 15 is 0 Å². The largest absolute Gasteiger partial charge is 0.377 e. The first-order chi connectivity index (χ1) is 6.79. The highest BCUT2D eigenvalue weighted by Gasteiger charge is 2.21. The van der Waals surface area contributed by atoms with Crippen molar-refractivity contribution in [2.45, 2.75) is 19.4 Å². The van der Waals surface area contributed by atoms with E-state index in [0.29, 0.717) is 25.6 Å². The van der Waals surface area contributed by atoms with Gasteiger partial charge in [0.05, 0.1) is 31.7 Å². The number of ether oxygens (including phenoxy) is 1. The van der Waals surface area contributed by atoms with Crippen molar-refractivity contribution in [1.82, 2.24) is 4.90 Å². The molecule has 5 heteroatoms. The second-order valence-electron chi connectivity index (χ2n) is 3.08. The van der Waals surface area contributed by atoms with Gasteiger partial charge < -0.3 is 9.64 Å². The fourth-order valence-corrected chi connectivity index (χ4v) is 1.44. The first-order valence-electron chi connectivity index (χ1n) is 4.46. The monoisotopic (exact) mass is 192 g/mol. The molecule has 0 bridgehead atoms. The zero-order chi connectivity index (χ0) is 10.4. The van der Waals surface area contributed by atoms with Crippen molar-refractivity contribution < 1.29 is 4.74 Å². The lowest BCUT2D eigenvalue weighted by Gasteiger charge is -2.34. The molecule has 5 nitrogen and oxygen atoms in total. The Kier molecular flexibility index (Phi) is 3.90. The summed E-state index contributed by atoms with van der Waals surface area (Å²) in [4.78, 5) is 5.61. The Balaban J connectivity index is 2.72. The van der Waals surface area contributed by atoms with E-state index in [2.05, 4.69) is 4.99 Å². The predicted octanol–water partition coefficient (Wildman–Crippen LogP) is 0.500. The minimum absolute atomic E-state index is 0.178. The van der Waals surface area contributed by atoms with Gasteiger partial charge in [0.15, 0.2) is 0 Å². The van der Waals surface area contributed by atoms with Gasteiger partial charge in [0.25, 0.3) is 0 Å². The van der Waals surface area contributed by atoms with E-state index in [1.807, 2.05) is 17.9 Å². The molecule has 1 heterocycles. The first kappa shape index (κ1) is 10.5. The summed E-state index contributed by atoms with van der Waals surface area (Å²) >= 11 is 0. The van der Waals surface area contributed by atoms with Crippen LogP contribution in [0.5, 0.6) is 0 Å². The Morgan fingerprint density at radius 3 is 3.00 bits per heavy atom. The van der Waals surface area contributed by atoms with Crippen LogP contribution in [0.3, 0.4) is 0 Å². The van der Waals surface area contributed by atoms with Crippen LogP contribution in [0.25, 0.3) is 0 Å². The average molecular weight is 192 g/mol. The Bertz CT molecular complexity index is 299. The van der Waals surface area contributed by atoms with Gasteiger partial charge in [-0.25, -0.2) is 0 Å². The summed E-state index contributed by atoms with van der Waals surface area (Å²) in [6, 6.07) is 2.19. The number of hydrogen-bond acceptors (Lipinski definition) is 4. The highest BCUT2D eigenvalue weighted by Crippen LogP contribution is 2.08. The molecule has 0 spiro atoms. The van der Waals surface area contributed by atoms with Crippen molar-refractivity contribution in [1.29, 1.82) is 10.5 Å². The molecule has 1 atom stereocenters. The van der Waals surface area contributed by atoms with Gasteiger partial charge in [-0.1, -0.05) is 0 Å². The molecule has 1 unspecified atom stereocenters. The lowest BCUT2D eigenvalue weighted by Crippen LogP contribution is -2.47. The molecule has 1 aliphatic rings. The third kappa shape index (κ3) is 2.45. The predicted molar refractivity (Wildman–Crippen MR) is 50.3 cm³/mol. The topological polar surface area (TPSA) is 72.4 Å². The second-order valence-corrected chi connectivity index (χ2v) is 3.08. The molecule has 0 aromatic carbocycles. The van der Waals surface area contributed by atoms with Crippen molar-refractivity contribution in [2.24, 2.45) is 4.99 Å². The first-order valence-corrected chi connectivity index (χ1v) is 4.46. The van der Waals surface area contributed by atoms with E-state index in [1.165, 1.54) is 0 Å². The van der Waals surface area contributed by atoms with Crippen LogP contribution in [0.4, 0.5) is 0 Å². The third-order valence-electron chi connectivity index (χ3n) is 2.12. The summed E-state index contributed by atoms with van der Waals surface area (Å²) < 4.78 is 5.26. The molecule has 0 aromatic rings. The summed E-state index contributed by atoms with van der Waals surface area (Å²) in [7, 11) is 0. The molecule has 1 aliphatic heterocycles. The quantitative estimate of drug-likeness (QED) is 0.344. The Labute approximate surface area is 83.2 Å². The van der Waals surface area contributed by atoms with E-state index < -0.39 is 0 Å². The van der Waals surface area contributed by atoms with Crippen LogP contribution >= 0.6 is 0 Å². The van der Waals surface area contributed by atoms with Gasteiger partial charge in [-0.05, 0) is 6.92 Å². The van der Waals surface area contributed by atoms with Crippen LogP contribution in [-0.4, -0.2) is 36.5 Å². The molecule has 1 saturated heterocycles. The van der Waals surface area contributed by atoms with E-state index in [4.69, 9.17) is 15.3 Å². The summed E-state index contributed by atoms with van der Waals surface area (Å²) in [5, 5.41) is 17.1. The van der Waals surface area contributed by atoms with Crippen molar-refractivity contribution in [3.05, 3.63) is 0 Å². The smallest absolute Gasteiger partial charge is 0.207 e. The van der Waals surface area contributed by atoms with Gasteiger partial charge in [-0.15, -0.1) is 0 Å². The molecule has 0 amide bonds. The number of hydrogen-bond donors (Lipinski definition) is 0. The number of rotatable bonds is 1. The number of amidine groups is 1. The number of nitrogens with zero attached hydrogens (tertiary/aromatic N) is 4. The van der Waals surface area contributed by atoms with Crippen molar-refractivity contribution >= 4 is 5.84 Å². The molecular formula is C9H12N4O. The van der Waals surface area contributed by atoms with E-state index in [9.17, 15) is 0 Å². The highest BCUT2D eigenvalue weighted by molar-refractivity contribution is 5.85. The highest BCUT2D eigenvalue weighted by atomic mass is 16.5. The molecule has 0 aliphatic carbocycles. The molecule has 1 fully saturated rings. The lowest BCUT2D eigenvalue weighted by atomic mass is 10.2. The van der Waals surface area contributed by atoms with Crippen LogP contribution < -0.4 is 0 Å². The lowest BCUT2D eigenvalue weighted by molar-refractivity contribution is 0.0326. The maximum Gasteiger partial charge on any atom is 0.207 e. The number of nitriles is 2. The SMILES string of the molecule is CC1COCCN1C(CC#N)=NC#N. The van der Waals surface area contributed by atoms with Gasteiger partial charge in [0, 0.05) is 6.54 Å². The van der Waals surface area contributed by atoms with Crippen LogP contribution in [0, 0.1) is 22.8 Å². The van der Waals surface area contributed by atoms with Gasteiger partial charge in [-0.3, -0.25) is 0 Å². The van der Waals surface area contributed by atoms with Crippen molar-refractivity contribution in [3.63, 3.8) is 0 Å². The van der Waals surface area contributed by atoms with Crippen LogP contribution in [0.15, 0.2) is 4.99 Å². The van der Waals surface area contributed by atoms with E-state index in [1.54, 1.807) is 6.19 Å². The fraction of sp³-hybridized carbons (Fsp3) is 0.667. The third-order valence-corrected chi connectivity index (χ3v) is 2.12. The summed E-state index contributed by atoms with van der Waals surface area (Å²) in [6.45, 7) is 3.93. The molecule has 0 radical (unpaired) electrons. The molecule has 1 rings (SSSR count). The standard InChI is InChI=1S/C9H12N4O/c1-8-6-14-5-4-13(8)9(2-3-10)12-7-11/h8H,2,4-6H2,1H3. The van der Waals surface area contributed by atoms with Crippen LogP contribution in [0.2, 0.25) is 0 Å². The van der Waals surface area contributed by atoms with Gasteiger partial charge in [-0.2, -0.15) is 15.5 Å². The molecule has 74 valence electrons. The van der Waals surface area contributed by atoms with E-state index in [-0.39, 0.29) is 12.5 Å². The van der Waals surface area contributed by atoms with Gasteiger partial charge in [0.1, 0.15) is 5.84 Å². The molecule has 0 saturated carbocycles. The molecule has 14 heavy (non-hydrogen) atoms. The summed E-state index contributed by atoms with van der Waals surface area (Å²) in [6.07, 6.45) is 1.90. The number of aliphatic imine (C=N–C) groups is 1. The van der Waals surface area contributed by atoms with E-state index in [0.717, 1.165) is 0 Å².